The molecular weight excluding hydrogens is 274 g/mol. The Morgan fingerprint density at radius 2 is 2.20 bits per heavy atom. The fourth-order valence-electron chi connectivity index (χ4n) is 2.54. The molecule has 1 atom stereocenters. The number of methoxy groups -OCH3 is 1. The lowest BCUT2D eigenvalue weighted by atomic mass is 9.99. The van der Waals surface area contributed by atoms with Crippen molar-refractivity contribution in [2.45, 2.75) is 31.7 Å². The van der Waals surface area contributed by atoms with Crippen molar-refractivity contribution in [2.75, 3.05) is 7.11 Å². The van der Waals surface area contributed by atoms with Crippen LogP contribution >= 0.6 is 11.3 Å². The van der Waals surface area contributed by atoms with Crippen LogP contribution in [0.1, 0.15) is 50.5 Å². The maximum absolute atomic E-state index is 11.4. The van der Waals surface area contributed by atoms with Gasteiger partial charge in [0.25, 0.3) is 0 Å². The summed E-state index contributed by atoms with van der Waals surface area (Å²) < 4.78 is 10.1. The van der Waals surface area contributed by atoms with Gasteiger partial charge in [0.1, 0.15) is 5.76 Å². The smallest absolute Gasteiger partial charge is 0.373 e. The lowest BCUT2D eigenvalue weighted by Gasteiger charge is -2.08. The van der Waals surface area contributed by atoms with E-state index in [0.29, 0.717) is 5.76 Å². The fraction of sp³-hybridized carbons (Fsp3) is 0.400. The van der Waals surface area contributed by atoms with E-state index < -0.39 is 5.97 Å². The third-order valence-electron chi connectivity index (χ3n) is 3.64. The molecule has 20 heavy (non-hydrogen) atoms. The summed E-state index contributed by atoms with van der Waals surface area (Å²) in [5, 5.41) is 0. The molecular formula is C15H17NO3S. The first-order chi connectivity index (χ1) is 9.69. The summed E-state index contributed by atoms with van der Waals surface area (Å²) in [6.07, 6.45) is 4.81. The van der Waals surface area contributed by atoms with Crippen LogP contribution in [-0.4, -0.2) is 13.1 Å². The van der Waals surface area contributed by atoms with Crippen LogP contribution in [0.25, 0.3) is 0 Å². The van der Waals surface area contributed by atoms with Crippen LogP contribution in [0.15, 0.2) is 22.6 Å². The van der Waals surface area contributed by atoms with Gasteiger partial charge in [0.15, 0.2) is 0 Å². The number of carbonyl (C=O) groups excluding carboxylic acids is 1. The first-order valence-electron chi connectivity index (χ1n) is 6.74. The number of nitrogens with two attached hydrogens (primary N) is 1. The Hall–Kier alpha value is -1.59. The molecule has 3 rings (SSSR count). The number of hydrogen-bond donors (Lipinski definition) is 1. The zero-order valence-electron chi connectivity index (χ0n) is 11.3. The van der Waals surface area contributed by atoms with Crippen molar-refractivity contribution in [3.8, 4) is 0 Å². The Kier molecular flexibility index (Phi) is 3.63. The number of esters is 1. The quantitative estimate of drug-likeness (QED) is 0.883. The normalized spacial score (nSPS) is 15.7. The highest BCUT2D eigenvalue weighted by Crippen LogP contribution is 2.34. The number of furan rings is 1. The van der Waals surface area contributed by atoms with Gasteiger partial charge in [-0.25, -0.2) is 4.79 Å². The molecule has 1 aliphatic rings. The molecule has 0 aliphatic heterocycles. The third-order valence-corrected chi connectivity index (χ3v) is 4.96. The van der Waals surface area contributed by atoms with Gasteiger partial charge in [0.05, 0.1) is 13.2 Å². The van der Waals surface area contributed by atoms with Crippen molar-refractivity contribution in [1.29, 1.82) is 0 Å². The first-order valence-corrected chi connectivity index (χ1v) is 7.56. The van der Waals surface area contributed by atoms with Gasteiger partial charge in [-0.1, -0.05) is 0 Å². The van der Waals surface area contributed by atoms with Gasteiger partial charge >= 0.3 is 5.97 Å². The molecule has 0 aromatic carbocycles. The highest BCUT2D eigenvalue weighted by atomic mass is 32.1. The Labute approximate surface area is 121 Å². The average Bonchev–Trinajstić information content (AvgIpc) is 3.12. The molecule has 0 saturated heterocycles. The second-order valence-corrected chi connectivity index (χ2v) is 6.14. The maximum atomic E-state index is 11.4. The van der Waals surface area contributed by atoms with Gasteiger partial charge in [-0.2, -0.15) is 0 Å². The SMILES string of the molecule is COC(=O)c1ccc(C(N)c2cc3c(s2)CCCC3)o1. The molecule has 0 radical (unpaired) electrons. The standard InChI is InChI=1S/C15H17NO3S/c1-18-15(17)11-7-6-10(19-11)14(16)13-8-9-4-2-3-5-12(9)20-13/h6-8,14H,2-5,16H2,1H3. The fourth-order valence-corrected chi connectivity index (χ4v) is 3.80. The molecule has 2 heterocycles. The number of thiophene rings is 1. The van der Waals surface area contributed by atoms with E-state index in [4.69, 9.17) is 10.2 Å². The van der Waals surface area contributed by atoms with Crippen molar-refractivity contribution in [3.63, 3.8) is 0 Å². The molecule has 0 fully saturated rings. The van der Waals surface area contributed by atoms with Crippen molar-refractivity contribution >= 4 is 17.3 Å². The summed E-state index contributed by atoms with van der Waals surface area (Å²) in [5.74, 6) is 0.317. The Balaban J connectivity index is 1.84. The number of hydrogen-bond acceptors (Lipinski definition) is 5. The van der Waals surface area contributed by atoms with Crippen molar-refractivity contribution in [1.82, 2.24) is 0 Å². The second-order valence-electron chi connectivity index (χ2n) is 4.98. The van der Waals surface area contributed by atoms with Gasteiger partial charge in [-0.3, -0.25) is 0 Å². The highest BCUT2D eigenvalue weighted by Gasteiger charge is 2.21. The van der Waals surface area contributed by atoms with Crippen molar-refractivity contribution in [2.24, 2.45) is 5.73 Å². The predicted molar refractivity (Wildman–Crippen MR) is 77.0 cm³/mol. The third kappa shape index (κ3) is 2.39. The first kappa shape index (κ1) is 13.4. The number of rotatable bonds is 3. The molecule has 2 aromatic rings. The molecule has 106 valence electrons. The minimum atomic E-state index is -0.478. The molecule has 5 heteroatoms. The molecule has 1 aliphatic carbocycles. The largest absolute Gasteiger partial charge is 0.463 e. The van der Waals surface area contributed by atoms with E-state index in [-0.39, 0.29) is 11.8 Å². The van der Waals surface area contributed by atoms with Crippen LogP contribution in [0, 0.1) is 0 Å². The summed E-state index contributed by atoms with van der Waals surface area (Å²) in [6, 6.07) is 5.22. The molecule has 0 amide bonds. The molecule has 0 spiro atoms. The topological polar surface area (TPSA) is 65.5 Å². The van der Waals surface area contributed by atoms with Gasteiger partial charge in [0, 0.05) is 9.75 Å². The maximum Gasteiger partial charge on any atom is 0.373 e. The molecule has 2 aromatic heterocycles. The summed E-state index contributed by atoms with van der Waals surface area (Å²) in [6.45, 7) is 0. The van der Waals surface area contributed by atoms with E-state index in [1.807, 2.05) is 0 Å². The Bertz CT molecular complexity index is 605. The summed E-state index contributed by atoms with van der Waals surface area (Å²) in [4.78, 5) is 13.9. The van der Waals surface area contributed by atoms with Gasteiger partial charge in [0.2, 0.25) is 5.76 Å². The van der Waals surface area contributed by atoms with Crippen molar-refractivity contribution < 1.29 is 13.9 Å². The van der Waals surface area contributed by atoms with Crippen LogP contribution in [0.4, 0.5) is 0 Å². The van der Waals surface area contributed by atoms with Crippen LogP contribution < -0.4 is 5.73 Å². The van der Waals surface area contributed by atoms with Gasteiger partial charge < -0.3 is 14.9 Å². The molecule has 1 unspecified atom stereocenters. The van der Waals surface area contributed by atoms with Gasteiger partial charge in [-0.15, -0.1) is 11.3 Å². The van der Waals surface area contributed by atoms with E-state index in [1.165, 1.54) is 30.4 Å². The zero-order chi connectivity index (χ0) is 14.1. The molecule has 4 nitrogen and oxygen atoms in total. The van der Waals surface area contributed by atoms with Crippen LogP contribution in [0.5, 0.6) is 0 Å². The monoisotopic (exact) mass is 291 g/mol. The number of carbonyl (C=O) groups is 1. The van der Waals surface area contributed by atoms with E-state index in [1.54, 1.807) is 23.5 Å². The van der Waals surface area contributed by atoms with Crippen LogP contribution in [0.2, 0.25) is 0 Å². The minimum absolute atomic E-state index is 0.194. The number of aryl methyl sites for hydroxylation is 2. The molecule has 0 bridgehead atoms. The Morgan fingerprint density at radius 1 is 1.40 bits per heavy atom. The predicted octanol–water partition coefficient (Wildman–Crippen LogP) is 3.05. The van der Waals surface area contributed by atoms with Crippen LogP contribution in [-0.2, 0) is 17.6 Å². The van der Waals surface area contributed by atoms with Crippen molar-refractivity contribution in [3.05, 3.63) is 45.0 Å². The average molecular weight is 291 g/mol. The highest BCUT2D eigenvalue weighted by molar-refractivity contribution is 7.12. The van der Waals surface area contributed by atoms with E-state index in [0.717, 1.165) is 17.7 Å². The summed E-state index contributed by atoms with van der Waals surface area (Å²) in [7, 11) is 1.33. The minimum Gasteiger partial charge on any atom is -0.463 e. The lowest BCUT2D eigenvalue weighted by Crippen LogP contribution is -2.09. The molecule has 2 N–H and O–H groups in total. The summed E-state index contributed by atoms with van der Waals surface area (Å²) >= 11 is 1.76. The number of fused-ring (bicyclic) bond motifs is 1. The van der Waals surface area contributed by atoms with E-state index >= 15 is 0 Å². The Morgan fingerprint density at radius 3 is 2.95 bits per heavy atom. The van der Waals surface area contributed by atoms with Gasteiger partial charge in [-0.05, 0) is 49.4 Å². The van der Waals surface area contributed by atoms with E-state index in [2.05, 4.69) is 10.8 Å². The molecule has 0 saturated carbocycles. The summed E-state index contributed by atoms with van der Waals surface area (Å²) in [5.41, 5.74) is 7.67. The zero-order valence-corrected chi connectivity index (χ0v) is 12.2. The van der Waals surface area contributed by atoms with Crippen LogP contribution in [0.3, 0.4) is 0 Å². The number of ether oxygens (including phenoxy) is 1. The van der Waals surface area contributed by atoms with E-state index in [9.17, 15) is 4.79 Å². The lowest BCUT2D eigenvalue weighted by molar-refractivity contribution is 0.0563. The second kappa shape index (κ2) is 5.42.